The number of halogens is 2. The molecule has 0 amide bonds. The van der Waals surface area contributed by atoms with Gasteiger partial charge in [0.1, 0.15) is 5.56 Å². The fraction of sp³-hybridized carbons (Fsp3) is 0.286. The van der Waals surface area contributed by atoms with Crippen molar-refractivity contribution in [1.82, 2.24) is 4.57 Å². The minimum atomic E-state index is -0.669. The van der Waals surface area contributed by atoms with Crippen molar-refractivity contribution in [2.75, 3.05) is 12.4 Å². The molecule has 2 aromatic rings. The fourth-order valence-electron chi connectivity index (χ4n) is 2.44. The van der Waals surface area contributed by atoms with Crippen LogP contribution in [0, 0.1) is 5.82 Å². The zero-order valence-corrected chi connectivity index (χ0v) is 12.7. The number of fused-ring (bicyclic) bond motifs is 3. The van der Waals surface area contributed by atoms with Crippen LogP contribution in [0.15, 0.2) is 22.0 Å². The van der Waals surface area contributed by atoms with Gasteiger partial charge < -0.3 is 9.30 Å². The van der Waals surface area contributed by atoms with Crippen LogP contribution >= 0.6 is 23.4 Å². The van der Waals surface area contributed by atoms with Crippen molar-refractivity contribution in [1.29, 1.82) is 0 Å². The van der Waals surface area contributed by atoms with Gasteiger partial charge in [-0.3, -0.25) is 4.79 Å². The Morgan fingerprint density at radius 2 is 2.29 bits per heavy atom. The van der Waals surface area contributed by atoms with Crippen LogP contribution in [0.4, 0.5) is 4.39 Å². The van der Waals surface area contributed by atoms with Gasteiger partial charge in [-0.15, -0.1) is 11.8 Å². The van der Waals surface area contributed by atoms with E-state index in [1.807, 2.05) is 0 Å². The van der Waals surface area contributed by atoms with E-state index in [2.05, 4.69) is 0 Å². The molecule has 0 spiro atoms. The van der Waals surface area contributed by atoms with Gasteiger partial charge in [-0.25, -0.2) is 9.18 Å². The van der Waals surface area contributed by atoms with Crippen LogP contribution in [0.3, 0.4) is 0 Å². The van der Waals surface area contributed by atoms with Crippen LogP contribution < -0.4 is 5.43 Å². The predicted molar refractivity (Wildman–Crippen MR) is 79.9 cm³/mol. The van der Waals surface area contributed by atoms with Crippen LogP contribution in [0.2, 0.25) is 5.02 Å². The lowest BCUT2D eigenvalue weighted by Gasteiger charge is -2.13. The first-order chi connectivity index (χ1) is 10.1. The molecule has 0 N–H and O–H groups in total. The third-order valence-electron chi connectivity index (χ3n) is 3.30. The third-order valence-corrected chi connectivity index (χ3v) is 4.68. The molecule has 0 atom stereocenters. The Hall–Kier alpha value is -1.53. The molecule has 0 radical (unpaired) electrons. The van der Waals surface area contributed by atoms with E-state index in [-0.39, 0.29) is 28.1 Å². The SMILES string of the molecule is CCOC(=O)c1c2n(c3c(F)c(Cl)ccc3c1=O)CCS2. The molecule has 4 nitrogen and oxygen atoms in total. The van der Waals surface area contributed by atoms with Crippen molar-refractivity contribution in [3.05, 3.63) is 38.8 Å². The van der Waals surface area contributed by atoms with Crippen molar-refractivity contribution >= 4 is 40.2 Å². The number of carbonyl (C=O) groups is 1. The van der Waals surface area contributed by atoms with Crippen LogP contribution in [-0.2, 0) is 11.3 Å². The predicted octanol–water partition coefficient (Wildman–Crippen LogP) is 3.08. The summed E-state index contributed by atoms with van der Waals surface area (Å²) in [7, 11) is 0. The maximum Gasteiger partial charge on any atom is 0.344 e. The van der Waals surface area contributed by atoms with Gasteiger partial charge in [-0.2, -0.15) is 0 Å². The number of hydrogen-bond donors (Lipinski definition) is 0. The summed E-state index contributed by atoms with van der Waals surface area (Å²) in [4.78, 5) is 24.6. The molecule has 1 aromatic heterocycles. The molecule has 3 rings (SSSR count). The maximum absolute atomic E-state index is 14.3. The molecular weight excluding hydrogens is 317 g/mol. The Bertz CT molecular complexity index is 818. The minimum absolute atomic E-state index is 0.0198. The van der Waals surface area contributed by atoms with Gasteiger partial charge in [0.05, 0.1) is 22.2 Å². The lowest BCUT2D eigenvalue weighted by atomic mass is 10.1. The molecule has 1 aliphatic heterocycles. The Morgan fingerprint density at radius 1 is 1.52 bits per heavy atom. The van der Waals surface area contributed by atoms with Gasteiger partial charge in [0.25, 0.3) is 0 Å². The molecule has 110 valence electrons. The first-order valence-corrected chi connectivity index (χ1v) is 7.77. The van der Waals surface area contributed by atoms with E-state index in [0.717, 1.165) is 0 Å². The number of esters is 1. The summed E-state index contributed by atoms with van der Waals surface area (Å²) in [6.45, 7) is 2.36. The lowest BCUT2D eigenvalue weighted by Crippen LogP contribution is -2.22. The summed E-state index contributed by atoms with van der Waals surface area (Å²) in [5, 5.41) is 0.552. The minimum Gasteiger partial charge on any atom is -0.462 e. The normalized spacial score (nSPS) is 13.5. The van der Waals surface area contributed by atoms with Crippen LogP contribution in [0.25, 0.3) is 10.9 Å². The molecule has 0 bridgehead atoms. The van der Waals surface area contributed by atoms with Crippen molar-refractivity contribution in [2.24, 2.45) is 0 Å². The summed E-state index contributed by atoms with van der Waals surface area (Å²) >= 11 is 7.15. The smallest absolute Gasteiger partial charge is 0.344 e. The van der Waals surface area contributed by atoms with Crippen molar-refractivity contribution in [3.8, 4) is 0 Å². The molecule has 0 saturated carbocycles. The van der Waals surface area contributed by atoms with Crippen LogP contribution in [-0.4, -0.2) is 22.9 Å². The molecule has 21 heavy (non-hydrogen) atoms. The van der Waals surface area contributed by atoms with Gasteiger partial charge in [-0.1, -0.05) is 11.6 Å². The molecule has 0 saturated heterocycles. The largest absolute Gasteiger partial charge is 0.462 e. The first-order valence-electron chi connectivity index (χ1n) is 6.40. The molecule has 2 heterocycles. The van der Waals surface area contributed by atoms with E-state index in [1.165, 1.54) is 23.9 Å². The number of aromatic nitrogens is 1. The number of nitrogens with zero attached hydrogens (tertiary/aromatic N) is 1. The van der Waals surface area contributed by atoms with Gasteiger partial charge in [0, 0.05) is 17.7 Å². The molecule has 7 heteroatoms. The highest BCUT2D eigenvalue weighted by Gasteiger charge is 2.28. The van der Waals surface area contributed by atoms with Gasteiger partial charge in [0.2, 0.25) is 5.43 Å². The number of hydrogen-bond acceptors (Lipinski definition) is 4. The number of pyridine rings is 1. The van der Waals surface area contributed by atoms with Gasteiger partial charge in [-0.05, 0) is 19.1 Å². The zero-order valence-electron chi connectivity index (χ0n) is 11.1. The number of benzene rings is 1. The molecular formula is C14H11ClFNO3S. The number of ether oxygens (including phenoxy) is 1. The monoisotopic (exact) mass is 327 g/mol. The summed E-state index contributed by atoms with van der Waals surface area (Å²) < 4.78 is 20.9. The Morgan fingerprint density at radius 3 is 3.00 bits per heavy atom. The highest BCUT2D eigenvalue weighted by Crippen LogP contribution is 2.34. The standard InChI is InChI=1S/C14H11ClFNO3S/c1-2-20-14(19)9-12(18)7-3-4-8(15)10(16)11(7)17-5-6-21-13(9)17/h3-4H,2,5-6H2,1H3. The maximum atomic E-state index is 14.3. The Balaban J connectivity index is 2.43. The van der Waals surface area contributed by atoms with Crippen molar-refractivity contribution in [2.45, 2.75) is 18.5 Å². The summed E-state index contributed by atoms with van der Waals surface area (Å²) in [6.07, 6.45) is 0. The molecule has 1 aliphatic rings. The van der Waals surface area contributed by atoms with Crippen LogP contribution in [0.5, 0.6) is 0 Å². The highest BCUT2D eigenvalue weighted by atomic mass is 35.5. The van der Waals surface area contributed by atoms with Gasteiger partial charge in [0.15, 0.2) is 5.82 Å². The van der Waals surface area contributed by atoms with E-state index < -0.39 is 17.2 Å². The summed E-state index contributed by atoms with van der Waals surface area (Å²) in [5.41, 5.74) is -0.381. The van der Waals surface area contributed by atoms with E-state index in [9.17, 15) is 14.0 Å². The van der Waals surface area contributed by atoms with Crippen LogP contribution in [0.1, 0.15) is 17.3 Å². The average molecular weight is 328 g/mol. The van der Waals surface area contributed by atoms with E-state index >= 15 is 0 Å². The topological polar surface area (TPSA) is 48.3 Å². The second-order valence-corrected chi connectivity index (χ2v) is 5.98. The van der Waals surface area contributed by atoms with E-state index in [1.54, 1.807) is 11.5 Å². The molecule has 0 unspecified atom stereocenters. The fourth-order valence-corrected chi connectivity index (χ4v) is 3.71. The van der Waals surface area contributed by atoms with Gasteiger partial charge >= 0.3 is 5.97 Å². The van der Waals surface area contributed by atoms with E-state index in [4.69, 9.17) is 16.3 Å². The highest BCUT2D eigenvalue weighted by molar-refractivity contribution is 7.99. The number of rotatable bonds is 2. The summed E-state index contributed by atoms with van der Waals surface area (Å²) in [6, 6.07) is 2.77. The zero-order chi connectivity index (χ0) is 15.1. The number of aryl methyl sites for hydroxylation is 1. The van der Waals surface area contributed by atoms with Crippen molar-refractivity contribution in [3.63, 3.8) is 0 Å². The lowest BCUT2D eigenvalue weighted by molar-refractivity contribution is 0.0519. The van der Waals surface area contributed by atoms with E-state index in [0.29, 0.717) is 17.3 Å². The second kappa shape index (κ2) is 5.35. The van der Waals surface area contributed by atoms with Crippen molar-refractivity contribution < 1.29 is 13.9 Å². The average Bonchev–Trinajstić information content (AvgIpc) is 2.91. The second-order valence-electron chi connectivity index (χ2n) is 4.49. The Labute approximate surface area is 128 Å². The number of carbonyl (C=O) groups excluding carboxylic acids is 1. The molecule has 1 aromatic carbocycles. The molecule has 0 fully saturated rings. The molecule has 0 aliphatic carbocycles. The quantitative estimate of drug-likeness (QED) is 0.795. The third kappa shape index (κ3) is 2.13. The first kappa shape index (κ1) is 14.4. The Kier molecular flexibility index (Phi) is 3.67. The number of thioether (sulfide) groups is 1. The summed E-state index contributed by atoms with van der Waals surface area (Å²) in [5.74, 6) is -0.639.